The second-order valence-electron chi connectivity index (χ2n) is 11.3. The molecule has 1 aliphatic carbocycles. The van der Waals surface area contributed by atoms with Crippen molar-refractivity contribution < 1.29 is 8.83 Å². The zero-order valence-corrected chi connectivity index (χ0v) is 23.0. The van der Waals surface area contributed by atoms with E-state index in [4.69, 9.17) is 8.83 Å². The molecule has 3 nitrogen and oxygen atoms in total. The van der Waals surface area contributed by atoms with Gasteiger partial charge in [-0.05, 0) is 82.2 Å². The molecule has 9 aromatic rings. The summed E-state index contributed by atoms with van der Waals surface area (Å²) in [6.07, 6.45) is 0. The fraction of sp³-hybridized carbons (Fsp3) is 0. The standard InChI is InChI=1S/C40H23NO2/c1-2-9-25(10-3-1)41(27-18-20-30-29-11-4-5-14-34(29)42-37(30)23-27)26-17-19-28-31-13-7-15-35-39(31)40-36(43-35)21-16-24-8-6-12-32(38(24)40)33(28)22-26/h1-23H. The van der Waals surface area contributed by atoms with Crippen molar-refractivity contribution >= 4 is 71.7 Å². The summed E-state index contributed by atoms with van der Waals surface area (Å²) in [5.41, 5.74) is 11.7. The molecule has 0 unspecified atom stereocenters. The van der Waals surface area contributed by atoms with Crippen molar-refractivity contribution in [1.29, 1.82) is 0 Å². The first-order chi connectivity index (χ1) is 21.3. The summed E-state index contributed by atoms with van der Waals surface area (Å²) in [7, 11) is 0. The Morgan fingerprint density at radius 2 is 1.05 bits per heavy atom. The van der Waals surface area contributed by atoms with Crippen LogP contribution in [0.1, 0.15) is 0 Å². The van der Waals surface area contributed by atoms with Crippen LogP contribution in [0.25, 0.3) is 76.9 Å². The molecule has 10 rings (SSSR count). The van der Waals surface area contributed by atoms with Gasteiger partial charge in [-0.2, -0.15) is 0 Å². The first kappa shape index (κ1) is 22.8. The zero-order chi connectivity index (χ0) is 28.1. The van der Waals surface area contributed by atoms with Crippen LogP contribution in [0.2, 0.25) is 0 Å². The molecular weight excluding hydrogens is 526 g/mol. The van der Waals surface area contributed by atoms with Crippen LogP contribution < -0.4 is 4.90 Å². The normalized spacial score (nSPS) is 12.2. The Morgan fingerprint density at radius 3 is 1.98 bits per heavy atom. The Morgan fingerprint density at radius 1 is 0.349 bits per heavy atom. The number of hydrogen-bond donors (Lipinski definition) is 0. The molecule has 2 heterocycles. The maximum atomic E-state index is 6.36. The quantitative estimate of drug-likeness (QED) is 0.219. The minimum absolute atomic E-state index is 0.879. The molecule has 3 heteroatoms. The number of furan rings is 2. The Labute approximate surface area is 246 Å². The second kappa shape index (κ2) is 8.37. The molecule has 0 saturated heterocycles. The van der Waals surface area contributed by atoms with Gasteiger partial charge in [-0.1, -0.05) is 78.9 Å². The van der Waals surface area contributed by atoms with Crippen molar-refractivity contribution in [3.8, 4) is 22.3 Å². The highest BCUT2D eigenvalue weighted by Gasteiger charge is 2.25. The van der Waals surface area contributed by atoms with Crippen LogP contribution >= 0.6 is 0 Å². The number of nitrogens with zero attached hydrogens (tertiary/aromatic N) is 1. The fourth-order valence-corrected chi connectivity index (χ4v) is 7.14. The first-order valence-electron chi connectivity index (χ1n) is 14.6. The van der Waals surface area contributed by atoms with Crippen molar-refractivity contribution in [2.45, 2.75) is 0 Å². The lowest BCUT2D eigenvalue weighted by molar-refractivity contribution is 0.668. The molecule has 200 valence electrons. The van der Waals surface area contributed by atoms with Crippen LogP contribution in [0.4, 0.5) is 17.1 Å². The van der Waals surface area contributed by atoms with Gasteiger partial charge in [0.2, 0.25) is 0 Å². The summed E-state index contributed by atoms with van der Waals surface area (Å²) < 4.78 is 12.7. The van der Waals surface area contributed by atoms with E-state index in [1.165, 1.54) is 43.8 Å². The number of benzene rings is 7. The van der Waals surface area contributed by atoms with Crippen molar-refractivity contribution in [3.63, 3.8) is 0 Å². The van der Waals surface area contributed by atoms with Crippen LogP contribution in [-0.2, 0) is 0 Å². The van der Waals surface area contributed by atoms with Crippen LogP contribution in [0.15, 0.2) is 148 Å². The molecule has 1 aliphatic rings. The maximum absolute atomic E-state index is 6.36. The molecule has 0 amide bonds. The van der Waals surface area contributed by atoms with E-state index in [0.717, 1.165) is 50.2 Å². The molecule has 43 heavy (non-hydrogen) atoms. The van der Waals surface area contributed by atoms with E-state index in [1.54, 1.807) is 0 Å². The molecule has 0 spiro atoms. The van der Waals surface area contributed by atoms with Gasteiger partial charge in [-0.15, -0.1) is 0 Å². The third-order valence-electron chi connectivity index (χ3n) is 8.98. The predicted molar refractivity (Wildman–Crippen MR) is 178 cm³/mol. The summed E-state index contributed by atoms with van der Waals surface area (Å²) in [4.78, 5) is 2.32. The van der Waals surface area contributed by atoms with Gasteiger partial charge in [-0.25, -0.2) is 0 Å². The molecule has 0 radical (unpaired) electrons. The second-order valence-corrected chi connectivity index (χ2v) is 11.3. The van der Waals surface area contributed by atoms with E-state index < -0.39 is 0 Å². The maximum Gasteiger partial charge on any atom is 0.137 e. The number of rotatable bonds is 3. The average molecular weight is 550 g/mol. The van der Waals surface area contributed by atoms with E-state index in [2.05, 4.69) is 132 Å². The average Bonchev–Trinajstić information content (AvgIpc) is 3.60. The molecule has 0 bridgehead atoms. The van der Waals surface area contributed by atoms with Crippen molar-refractivity contribution in [3.05, 3.63) is 140 Å². The topological polar surface area (TPSA) is 29.5 Å². The number of para-hydroxylation sites is 2. The summed E-state index contributed by atoms with van der Waals surface area (Å²) >= 11 is 0. The molecule has 0 atom stereocenters. The fourth-order valence-electron chi connectivity index (χ4n) is 7.14. The third kappa shape index (κ3) is 3.14. The van der Waals surface area contributed by atoms with Gasteiger partial charge in [0.25, 0.3) is 0 Å². The predicted octanol–water partition coefficient (Wildman–Crippen LogP) is 11.8. The Hall–Kier alpha value is -5.80. The van der Waals surface area contributed by atoms with Crippen molar-refractivity contribution in [2.75, 3.05) is 4.90 Å². The van der Waals surface area contributed by atoms with Gasteiger partial charge in [0.1, 0.15) is 22.3 Å². The minimum Gasteiger partial charge on any atom is -0.456 e. The van der Waals surface area contributed by atoms with Crippen molar-refractivity contribution in [2.24, 2.45) is 0 Å². The Balaban J connectivity index is 1.26. The summed E-state index contributed by atoms with van der Waals surface area (Å²) in [6.45, 7) is 0. The van der Waals surface area contributed by atoms with E-state index in [9.17, 15) is 0 Å². The summed E-state index contributed by atoms with van der Waals surface area (Å²) in [5.74, 6) is 0. The van der Waals surface area contributed by atoms with Gasteiger partial charge in [0.15, 0.2) is 0 Å². The highest BCUT2D eigenvalue weighted by molar-refractivity contribution is 6.28. The molecule has 0 fully saturated rings. The van der Waals surface area contributed by atoms with Gasteiger partial charge < -0.3 is 13.7 Å². The van der Waals surface area contributed by atoms with Gasteiger partial charge in [0, 0.05) is 50.1 Å². The summed E-state index contributed by atoms with van der Waals surface area (Å²) in [6, 6.07) is 49.5. The number of anilines is 3. The van der Waals surface area contributed by atoms with Crippen LogP contribution in [0, 0.1) is 0 Å². The highest BCUT2D eigenvalue weighted by Crippen LogP contribution is 2.50. The number of fused-ring (bicyclic) bond motifs is 6. The third-order valence-corrected chi connectivity index (χ3v) is 8.98. The molecular formula is C40H23NO2. The van der Waals surface area contributed by atoms with Crippen LogP contribution in [0.5, 0.6) is 0 Å². The molecule has 2 aromatic heterocycles. The van der Waals surface area contributed by atoms with Gasteiger partial charge in [-0.3, -0.25) is 0 Å². The number of hydrogen-bond acceptors (Lipinski definition) is 3. The first-order valence-corrected chi connectivity index (χ1v) is 14.6. The van der Waals surface area contributed by atoms with Crippen LogP contribution in [0.3, 0.4) is 0 Å². The highest BCUT2D eigenvalue weighted by atomic mass is 16.3. The van der Waals surface area contributed by atoms with Crippen LogP contribution in [-0.4, -0.2) is 0 Å². The zero-order valence-electron chi connectivity index (χ0n) is 23.0. The Kier molecular flexibility index (Phi) is 4.45. The SMILES string of the molecule is c1ccc(N(c2ccc3c(c2)-c2cccc4ccc5oc6cccc-3c6c5c24)c2ccc3c(c2)oc2ccccc23)cc1. The van der Waals surface area contributed by atoms with E-state index in [-0.39, 0.29) is 0 Å². The van der Waals surface area contributed by atoms with E-state index >= 15 is 0 Å². The minimum atomic E-state index is 0.879. The van der Waals surface area contributed by atoms with Gasteiger partial charge >= 0.3 is 0 Å². The van der Waals surface area contributed by atoms with E-state index in [0.29, 0.717) is 0 Å². The van der Waals surface area contributed by atoms with Gasteiger partial charge in [0.05, 0.1) is 0 Å². The smallest absolute Gasteiger partial charge is 0.137 e. The largest absolute Gasteiger partial charge is 0.456 e. The lowest BCUT2D eigenvalue weighted by atomic mass is 9.92. The monoisotopic (exact) mass is 549 g/mol. The lowest BCUT2D eigenvalue weighted by Gasteiger charge is -2.26. The molecule has 0 aliphatic heterocycles. The molecule has 0 N–H and O–H groups in total. The molecule has 7 aromatic carbocycles. The summed E-state index contributed by atoms with van der Waals surface area (Å²) in [5, 5.41) is 7.12. The molecule has 0 saturated carbocycles. The van der Waals surface area contributed by atoms with E-state index in [1.807, 2.05) is 12.1 Å². The Bertz CT molecular complexity index is 2570. The van der Waals surface area contributed by atoms with Crippen molar-refractivity contribution in [1.82, 2.24) is 0 Å². The lowest BCUT2D eigenvalue weighted by Crippen LogP contribution is -2.10.